The first-order valence-corrected chi connectivity index (χ1v) is 5.99. The molecule has 0 saturated heterocycles. The van der Waals surface area contributed by atoms with Crippen LogP contribution in [0.25, 0.3) is 0 Å². The predicted molar refractivity (Wildman–Crippen MR) is 72.8 cm³/mol. The number of aryl methyl sites for hydroxylation is 2. The maximum atomic E-state index is 12.1. The number of hydrogen-bond acceptors (Lipinski definition) is 3. The standard InChI is InChI=1S/C12H20N4O.ClH/c1-8-6-10(15-16(8)3)11(17)14-12(2,7-13)9-4-5-9;/h6,9H,4-5,7,13H2,1-3H3,(H,14,17);1H. The summed E-state index contributed by atoms with van der Waals surface area (Å²) in [7, 11) is 1.83. The molecule has 0 spiro atoms. The molecule has 102 valence electrons. The zero-order valence-electron chi connectivity index (χ0n) is 11.1. The minimum Gasteiger partial charge on any atom is -0.344 e. The van der Waals surface area contributed by atoms with Crippen molar-refractivity contribution < 1.29 is 4.79 Å². The minimum absolute atomic E-state index is 0. The molecule has 6 heteroatoms. The second-order valence-corrected chi connectivity index (χ2v) is 5.14. The number of rotatable bonds is 4. The summed E-state index contributed by atoms with van der Waals surface area (Å²) in [5.74, 6) is 0.384. The van der Waals surface area contributed by atoms with Gasteiger partial charge in [-0.2, -0.15) is 5.10 Å². The average Bonchev–Trinajstić information content (AvgIpc) is 3.07. The van der Waals surface area contributed by atoms with Crippen LogP contribution in [-0.4, -0.2) is 27.8 Å². The highest BCUT2D eigenvalue weighted by Crippen LogP contribution is 2.39. The molecule has 1 unspecified atom stereocenters. The highest BCUT2D eigenvalue weighted by molar-refractivity contribution is 5.93. The molecule has 18 heavy (non-hydrogen) atoms. The van der Waals surface area contributed by atoms with Crippen LogP contribution in [0.1, 0.15) is 35.9 Å². The SMILES string of the molecule is Cc1cc(C(=O)NC(C)(CN)C2CC2)nn1C.Cl. The molecular formula is C12H21ClN4O. The van der Waals surface area contributed by atoms with E-state index in [9.17, 15) is 4.79 Å². The predicted octanol–water partition coefficient (Wildman–Crippen LogP) is 1.01. The van der Waals surface area contributed by atoms with Gasteiger partial charge < -0.3 is 11.1 Å². The number of halogens is 1. The molecule has 1 aliphatic rings. The average molecular weight is 273 g/mol. The van der Waals surface area contributed by atoms with Crippen molar-refractivity contribution in [1.29, 1.82) is 0 Å². The molecule has 1 amide bonds. The summed E-state index contributed by atoms with van der Waals surface area (Å²) in [6.45, 7) is 4.40. The Morgan fingerprint density at radius 3 is 2.67 bits per heavy atom. The van der Waals surface area contributed by atoms with Crippen LogP contribution in [0.3, 0.4) is 0 Å². The van der Waals surface area contributed by atoms with Crippen molar-refractivity contribution in [2.75, 3.05) is 6.54 Å². The van der Waals surface area contributed by atoms with E-state index >= 15 is 0 Å². The first kappa shape index (κ1) is 15.0. The molecular weight excluding hydrogens is 252 g/mol. The van der Waals surface area contributed by atoms with Gasteiger partial charge in [-0.1, -0.05) is 0 Å². The number of hydrogen-bond donors (Lipinski definition) is 2. The van der Waals surface area contributed by atoms with Gasteiger partial charge in [0.1, 0.15) is 5.69 Å². The molecule has 1 fully saturated rings. The number of nitrogens with two attached hydrogens (primary N) is 1. The van der Waals surface area contributed by atoms with E-state index in [0.717, 1.165) is 18.5 Å². The normalized spacial score (nSPS) is 17.8. The summed E-state index contributed by atoms with van der Waals surface area (Å²) in [5.41, 5.74) is 6.91. The second kappa shape index (κ2) is 5.28. The number of amides is 1. The molecule has 3 N–H and O–H groups in total. The number of nitrogens with zero attached hydrogens (tertiary/aromatic N) is 2. The van der Waals surface area contributed by atoms with E-state index in [1.165, 1.54) is 0 Å². The molecule has 2 rings (SSSR count). The third-order valence-corrected chi connectivity index (χ3v) is 3.65. The molecule has 5 nitrogen and oxygen atoms in total. The Bertz CT molecular complexity index is 422. The van der Waals surface area contributed by atoms with Gasteiger partial charge in [-0.3, -0.25) is 9.48 Å². The smallest absolute Gasteiger partial charge is 0.272 e. The maximum Gasteiger partial charge on any atom is 0.272 e. The number of aromatic nitrogens is 2. The van der Waals surface area contributed by atoms with E-state index in [-0.39, 0.29) is 23.9 Å². The van der Waals surface area contributed by atoms with Crippen LogP contribution in [0.15, 0.2) is 6.07 Å². The number of carbonyl (C=O) groups excluding carboxylic acids is 1. The molecule has 1 saturated carbocycles. The highest BCUT2D eigenvalue weighted by atomic mass is 35.5. The van der Waals surface area contributed by atoms with Gasteiger partial charge in [-0.05, 0) is 38.7 Å². The van der Waals surface area contributed by atoms with Crippen molar-refractivity contribution in [1.82, 2.24) is 15.1 Å². The Hall–Kier alpha value is -1.07. The van der Waals surface area contributed by atoms with Crippen molar-refractivity contribution in [3.8, 4) is 0 Å². The Kier molecular flexibility index (Phi) is 4.40. The van der Waals surface area contributed by atoms with Crippen molar-refractivity contribution in [2.45, 2.75) is 32.2 Å². The molecule has 0 aliphatic heterocycles. The fourth-order valence-corrected chi connectivity index (χ4v) is 2.04. The van der Waals surface area contributed by atoms with Crippen LogP contribution < -0.4 is 11.1 Å². The van der Waals surface area contributed by atoms with Gasteiger partial charge in [0.15, 0.2) is 0 Å². The molecule has 1 aromatic heterocycles. The van der Waals surface area contributed by atoms with Gasteiger partial charge in [0.05, 0.1) is 5.54 Å². The van der Waals surface area contributed by atoms with Gasteiger partial charge in [-0.15, -0.1) is 12.4 Å². The van der Waals surface area contributed by atoms with Crippen LogP contribution in [0.4, 0.5) is 0 Å². The quantitative estimate of drug-likeness (QED) is 0.859. The summed E-state index contributed by atoms with van der Waals surface area (Å²) in [6.07, 6.45) is 2.30. The summed E-state index contributed by atoms with van der Waals surface area (Å²) < 4.78 is 1.70. The fourth-order valence-electron chi connectivity index (χ4n) is 2.04. The topological polar surface area (TPSA) is 72.9 Å². The summed E-state index contributed by atoms with van der Waals surface area (Å²) >= 11 is 0. The molecule has 1 aliphatic carbocycles. The van der Waals surface area contributed by atoms with Crippen molar-refractivity contribution >= 4 is 18.3 Å². The fraction of sp³-hybridized carbons (Fsp3) is 0.667. The van der Waals surface area contributed by atoms with E-state index in [1.807, 2.05) is 20.9 Å². The van der Waals surface area contributed by atoms with E-state index in [2.05, 4.69) is 10.4 Å². The molecule has 1 heterocycles. The Labute approximate surface area is 114 Å². The molecule has 0 bridgehead atoms. The zero-order chi connectivity index (χ0) is 12.6. The molecule has 1 aromatic rings. The monoisotopic (exact) mass is 272 g/mol. The first-order chi connectivity index (χ1) is 7.96. The van der Waals surface area contributed by atoms with Crippen molar-refractivity contribution in [3.05, 3.63) is 17.5 Å². The van der Waals surface area contributed by atoms with E-state index < -0.39 is 0 Å². The molecule has 0 radical (unpaired) electrons. The number of carbonyl (C=O) groups is 1. The third-order valence-electron chi connectivity index (χ3n) is 3.65. The van der Waals surface area contributed by atoms with Crippen LogP contribution in [0.5, 0.6) is 0 Å². The third kappa shape index (κ3) is 2.84. The Morgan fingerprint density at radius 2 is 2.28 bits per heavy atom. The largest absolute Gasteiger partial charge is 0.344 e. The van der Waals surface area contributed by atoms with E-state index in [4.69, 9.17) is 5.73 Å². The van der Waals surface area contributed by atoms with E-state index in [1.54, 1.807) is 10.7 Å². The van der Waals surface area contributed by atoms with Crippen molar-refractivity contribution in [3.63, 3.8) is 0 Å². The van der Waals surface area contributed by atoms with Gasteiger partial charge in [0.25, 0.3) is 5.91 Å². The Balaban J connectivity index is 0.00000162. The summed E-state index contributed by atoms with van der Waals surface area (Å²) in [5, 5.41) is 7.19. The van der Waals surface area contributed by atoms with Gasteiger partial charge in [-0.25, -0.2) is 0 Å². The van der Waals surface area contributed by atoms with Crippen LogP contribution in [0, 0.1) is 12.8 Å². The van der Waals surface area contributed by atoms with Crippen molar-refractivity contribution in [2.24, 2.45) is 18.7 Å². The maximum absolute atomic E-state index is 12.1. The first-order valence-electron chi connectivity index (χ1n) is 5.99. The lowest BCUT2D eigenvalue weighted by Crippen LogP contribution is -2.53. The number of nitrogens with one attached hydrogen (secondary N) is 1. The second-order valence-electron chi connectivity index (χ2n) is 5.14. The van der Waals surface area contributed by atoms with E-state index in [0.29, 0.717) is 18.2 Å². The zero-order valence-corrected chi connectivity index (χ0v) is 11.9. The van der Waals surface area contributed by atoms with Gasteiger partial charge >= 0.3 is 0 Å². The lowest BCUT2D eigenvalue weighted by molar-refractivity contribution is 0.0892. The lowest BCUT2D eigenvalue weighted by Gasteiger charge is -2.29. The highest BCUT2D eigenvalue weighted by Gasteiger charge is 2.41. The van der Waals surface area contributed by atoms with Gasteiger partial charge in [0, 0.05) is 19.3 Å². The minimum atomic E-state index is -0.289. The van der Waals surface area contributed by atoms with Crippen LogP contribution >= 0.6 is 12.4 Å². The molecule has 0 aromatic carbocycles. The lowest BCUT2D eigenvalue weighted by atomic mass is 9.96. The summed E-state index contributed by atoms with van der Waals surface area (Å²) in [6, 6.07) is 1.79. The van der Waals surface area contributed by atoms with Crippen LogP contribution in [0.2, 0.25) is 0 Å². The van der Waals surface area contributed by atoms with Crippen LogP contribution in [-0.2, 0) is 7.05 Å². The Morgan fingerprint density at radius 1 is 1.67 bits per heavy atom. The van der Waals surface area contributed by atoms with Gasteiger partial charge in [0.2, 0.25) is 0 Å². The molecule has 1 atom stereocenters. The summed E-state index contributed by atoms with van der Waals surface area (Å²) in [4.78, 5) is 12.1.